The molecule has 0 saturated carbocycles. The summed E-state index contributed by atoms with van der Waals surface area (Å²) in [6.45, 7) is 1.95. The Morgan fingerprint density at radius 1 is 1.13 bits per heavy atom. The van der Waals surface area contributed by atoms with E-state index in [1.54, 1.807) is 12.1 Å². The standard InChI is InChI=1S/C17H14ClN3OS/c1-11(12-5-3-2-4-6-12)19-17(22)16-15(20-21-23-16)13-7-9-14(18)10-8-13/h2-11H,1H3,(H,19,22)/t11-/m1/s1. The molecule has 1 aromatic heterocycles. The van der Waals surface area contributed by atoms with Crippen molar-refractivity contribution < 1.29 is 4.79 Å². The fourth-order valence-electron chi connectivity index (χ4n) is 2.22. The summed E-state index contributed by atoms with van der Waals surface area (Å²) >= 11 is 6.99. The molecule has 0 unspecified atom stereocenters. The molecule has 0 aliphatic carbocycles. The number of nitrogens with zero attached hydrogens (tertiary/aromatic N) is 2. The van der Waals surface area contributed by atoms with Gasteiger partial charge in [-0.1, -0.05) is 58.6 Å². The van der Waals surface area contributed by atoms with Crippen LogP contribution in [0, 0.1) is 0 Å². The molecule has 2 aromatic carbocycles. The summed E-state index contributed by atoms with van der Waals surface area (Å²) in [5, 5.41) is 7.71. The number of rotatable bonds is 4. The van der Waals surface area contributed by atoms with E-state index in [-0.39, 0.29) is 11.9 Å². The molecular weight excluding hydrogens is 330 g/mol. The zero-order valence-corrected chi connectivity index (χ0v) is 13.9. The van der Waals surface area contributed by atoms with Crippen molar-refractivity contribution in [3.8, 4) is 11.3 Å². The number of halogens is 1. The average Bonchev–Trinajstić information content (AvgIpc) is 3.06. The van der Waals surface area contributed by atoms with Gasteiger partial charge in [0.2, 0.25) is 0 Å². The van der Waals surface area contributed by atoms with Crippen molar-refractivity contribution in [2.24, 2.45) is 0 Å². The summed E-state index contributed by atoms with van der Waals surface area (Å²) in [5.74, 6) is -0.179. The Bertz CT molecular complexity index is 802. The van der Waals surface area contributed by atoms with Crippen LogP contribution in [0.25, 0.3) is 11.3 Å². The van der Waals surface area contributed by atoms with Crippen molar-refractivity contribution in [2.75, 3.05) is 0 Å². The first-order valence-corrected chi connectivity index (χ1v) is 8.24. The third kappa shape index (κ3) is 3.57. The van der Waals surface area contributed by atoms with Crippen molar-refractivity contribution in [3.05, 3.63) is 70.1 Å². The Labute approximate surface area is 143 Å². The molecule has 3 rings (SSSR count). The monoisotopic (exact) mass is 343 g/mol. The normalized spacial score (nSPS) is 11.9. The van der Waals surface area contributed by atoms with Crippen LogP contribution in [0.4, 0.5) is 0 Å². The summed E-state index contributed by atoms with van der Waals surface area (Å²) in [6, 6.07) is 16.9. The summed E-state index contributed by atoms with van der Waals surface area (Å²) < 4.78 is 3.92. The highest BCUT2D eigenvalue weighted by Gasteiger charge is 2.19. The topological polar surface area (TPSA) is 54.9 Å². The smallest absolute Gasteiger partial charge is 0.265 e. The van der Waals surface area contributed by atoms with Gasteiger partial charge in [-0.2, -0.15) is 0 Å². The lowest BCUT2D eigenvalue weighted by Crippen LogP contribution is -2.26. The zero-order valence-electron chi connectivity index (χ0n) is 12.4. The first kappa shape index (κ1) is 15.6. The number of carbonyl (C=O) groups excluding carboxylic acids is 1. The molecule has 0 spiro atoms. The van der Waals surface area contributed by atoms with Crippen molar-refractivity contribution in [3.63, 3.8) is 0 Å². The van der Waals surface area contributed by atoms with Gasteiger partial charge in [0.05, 0.1) is 6.04 Å². The molecule has 0 fully saturated rings. The van der Waals surface area contributed by atoms with Gasteiger partial charge in [-0.15, -0.1) is 5.10 Å². The molecule has 3 aromatic rings. The fraction of sp³-hybridized carbons (Fsp3) is 0.118. The molecule has 0 saturated heterocycles. The second kappa shape index (κ2) is 6.89. The van der Waals surface area contributed by atoms with E-state index in [9.17, 15) is 4.79 Å². The minimum absolute atomic E-state index is 0.0936. The van der Waals surface area contributed by atoms with Gasteiger partial charge < -0.3 is 5.32 Å². The molecule has 1 heterocycles. The molecule has 0 radical (unpaired) electrons. The quantitative estimate of drug-likeness (QED) is 0.766. The van der Waals surface area contributed by atoms with E-state index < -0.39 is 0 Å². The van der Waals surface area contributed by atoms with Gasteiger partial charge in [0, 0.05) is 10.6 Å². The zero-order chi connectivity index (χ0) is 16.2. The van der Waals surface area contributed by atoms with Crippen molar-refractivity contribution in [2.45, 2.75) is 13.0 Å². The largest absolute Gasteiger partial charge is 0.345 e. The van der Waals surface area contributed by atoms with Crippen LogP contribution in [0.3, 0.4) is 0 Å². The summed E-state index contributed by atoms with van der Waals surface area (Å²) in [7, 11) is 0. The predicted molar refractivity (Wildman–Crippen MR) is 92.7 cm³/mol. The fourth-order valence-corrected chi connectivity index (χ4v) is 2.94. The Balaban J connectivity index is 1.81. The number of hydrogen-bond acceptors (Lipinski definition) is 4. The Hall–Kier alpha value is -2.24. The highest BCUT2D eigenvalue weighted by Crippen LogP contribution is 2.26. The van der Waals surface area contributed by atoms with Crippen LogP contribution in [0.5, 0.6) is 0 Å². The number of benzene rings is 2. The molecule has 116 valence electrons. The second-order valence-electron chi connectivity index (χ2n) is 5.06. The SMILES string of the molecule is C[C@@H](NC(=O)c1snnc1-c1ccc(Cl)cc1)c1ccccc1. The Morgan fingerprint density at radius 2 is 1.83 bits per heavy atom. The molecule has 4 nitrogen and oxygen atoms in total. The van der Waals surface area contributed by atoms with Crippen LogP contribution in [-0.2, 0) is 0 Å². The van der Waals surface area contributed by atoms with Crippen LogP contribution in [0.1, 0.15) is 28.2 Å². The molecule has 0 aliphatic heterocycles. The lowest BCUT2D eigenvalue weighted by molar-refractivity contribution is 0.0944. The number of amides is 1. The summed E-state index contributed by atoms with van der Waals surface area (Å²) in [5.41, 5.74) is 2.44. The van der Waals surface area contributed by atoms with Crippen LogP contribution in [0.2, 0.25) is 5.02 Å². The molecular formula is C17H14ClN3OS. The van der Waals surface area contributed by atoms with Crippen LogP contribution in [0.15, 0.2) is 54.6 Å². The molecule has 23 heavy (non-hydrogen) atoms. The third-order valence-corrected chi connectivity index (χ3v) is 4.44. The lowest BCUT2D eigenvalue weighted by atomic mass is 10.1. The Kier molecular flexibility index (Phi) is 4.69. The van der Waals surface area contributed by atoms with Crippen molar-refractivity contribution >= 4 is 29.0 Å². The van der Waals surface area contributed by atoms with Gasteiger partial charge in [-0.3, -0.25) is 4.79 Å². The molecule has 1 N–H and O–H groups in total. The highest BCUT2D eigenvalue weighted by molar-refractivity contribution is 7.08. The van der Waals surface area contributed by atoms with E-state index in [0.717, 1.165) is 22.7 Å². The molecule has 1 amide bonds. The molecule has 0 bridgehead atoms. The minimum Gasteiger partial charge on any atom is -0.345 e. The molecule has 0 aliphatic rings. The van der Waals surface area contributed by atoms with E-state index in [2.05, 4.69) is 14.9 Å². The van der Waals surface area contributed by atoms with Gasteiger partial charge in [0.25, 0.3) is 5.91 Å². The van der Waals surface area contributed by atoms with Crippen LogP contribution >= 0.6 is 23.1 Å². The van der Waals surface area contributed by atoms with E-state index in [0.29, 0.717) is 15.6 Å². The van der Waals surface area contributed by atoms with Crippen molar-refractivity contribution in [1.82, 2.24) is 14.9 Å². The number of carbonyl (C=O) groups is 1. The van der Waals surface area contributed by atoms with E-state index in [4.69, 9.17) is 11.6 Å². The van der Waals surface area contributed by atoms with Gasteiger partial charge in [0.15, 0.2) is 0 Å². The molecule has 1 atom stereocenters. The Morgan fingerprint density at radius 3 is 2.52 bits per heavy atom. The van der Waals surface area contributed by atoms with E-state index in [1.165, 1.54) is 0 Å². The number of aromatic nitrogens is 2. The van der Waals surface area contributed by atoms with Gasteiger partial charge in [-0.05, 0) is 36.2 Å². The van der Waals surface area contributed by atoms with Crippen LogP contribution < -0.4 is 5.32 Å². The van der Waals surface area contributed by atoms with E-state index in [1.807, 2.05) is 49.4 Å². The predicted octanol–water partition coefficient (Wildman–Crippen LogP) is 4.35. The maximum absolute atomic E-state index is 12.5. The summed E-state index contributed by atoms with van der Waals surface area (Å²) in [6.07, 6.45) is 0. The van der Waals surface area contributed by atoms with Gasteiger partial charge in [-0.25, -0.2) is 0 Å². The highest BCUT2D eigenvalue weighted by atomic mass is 35.5. The second-order valence-corrected chi connectivity index (χ2v) is 6.25. The first-order chi connectivity index (χ1) is 11.1. The number of nitrogens with one attached hydrogen (secondary N) is 1. The van der Waals surface area contributed by atoms with Crippen LogP contribution in [-0.4, -0.2) is 15.5 Å². The number of hydrogen-bond donors (Lipinski definition) is 1. The minimum atomic E-state index is -0.179. The van der Waals surface area contributed by atoms with Gasteiger partial charge in [0.1, 0.15) is 10.6 Å². The third-order valence-electron chi connectivity index (χ3n) is 3.46. The van der Waals surface area contributed by atoms with E-state index >= 15 is 0 Å². The average molecular weight is 344 g/mol. The summed E-state index contributed by atoms with van der Waals surface area (Å²) in [4.78, 5) is 13.0. The molecule has 6 heteroatoms. The van der Waals surface area contributed by atoms with Gasteiger partial charge >= 0.3 is 0 Å². The maximum atomic E-state index is 12.5. The first-order valence-electron chi connectivity index (χ1n) is 7.09. The maximum Gasteiger partial charge on any atom is 0.265 e. The lowest BCUT2D eigenvalue weighted by Gasteiger charge is -2.13. The van der Waals surface area contributed by atoms with Crippen molar-refractivity contribution in [1.29, 1.82) is 0 Å².